The predicted octanol–water partition coefficient (Wildman–Crippen LogP) is 3.93. The van der Waals surface area contributed by atoms with Crippen LogP contribution >= 0.6 is 0 Å². The van der Waals surface area contributed by atoms with Crippen LogP contribution in [0.3, 0.4) is 0 Å². The average molecular weight is 386 g/mol. The van der Waals surface area contributed by atoms with Crippen LogP contribution in [0.1, 0.15) is 21.5 Å². The number of esters is 1. The zero-order valence-corrected chi connectivity index (χ0v) is 15.5. The molecule has 3 aromatic carbocycles. The van der Waals surface area contributed by atoms with Crippen LogP contribution in [-0.2, 0) is 16.1 Å². The van der Waals surface area contributed by atoms with E-state index < -0.39 is 18.5 Å². The summed E-state index contributed by atoms with van der Waals surface area (Å²) >= 11 is 0. The molecule has 0 spiro atoms. The first-order valence-electron chi connectivity index (χ1n) is 8.88. The molecule has 1 amide bonds. The molecule has 6 nitrogen and oxygen atoms in total. The third-order valence-electron chi connectivity index (χ3n) is 3.93. The van der Waals surface area contributed by atoms with Crippen LogP contribution in [-0.4, -0.2) is 18.5 Å². The number of ether oxygens (including phenoxy) is 2. The molecular weight excluding hydrogens is 368 g/mol. The number of benzene rings is 3. The Hall–Kier alpha value is -4.11. The van der Waals surface area contributed by atoms with Crippen LogP contribution in [0.25, 0.3) is 0 Å². The first-order valence-corrected chi connectivity index (χ1v) is 8.88. The Morgan fingerprint density at radius 3 is 2.52 bits per heavy atom. The second-order valence-corrected chi connectivity index (χ2v) is 6.12. The van der Waals surface area contributed by atoms with Crippen molar-refractivity contribution in [1.82, 2.24) is 0 Å². The molecular formula is C23H18N2O4. The minimum absolute atomic E-state index is 0.287. The van der Waals surface area contributed by atoms with Gasteiger partial charge in [-0.2, -0.15) is 5.26 Å². The number of hydrogen-bond acceptors (Lipinski definition) is 5. The Kier molecular flexibility index (Phi) is 6.58. The lowest BCUT2D eigenvalue weighted by Gasteiger charge is -2.09. The van der Waals surface area contributed by atoms with Gasteiger partial charge in [0, 0.05) is 5.69 Å². The van der Waals surface area contributed by atoms with Crippen molar-refractivity contribution in [3.63, 3.8) is 0 Å². The summed E-state index contributed by atoms with van der Waals surface area (Å²) < 4.78 is 10.8. The second-order valence-electron chi connectivity index (χ2n) is 6.12. The fourth-order valence-corrected chi connectivity index (χ4v) is 2.53. The van der Waals surface area contributed by atoms with Crippen molar-refractivity contribution in [1.29, 1.82) is 5.26 Å². The fraction of sp³-hybridized carbons (Fsp3) is 0.0870. The summed E-state index contributed by atoms with van der Waals surface area (Å²) in [7, 11) is 0. The topological polar surface area (TPSA) is 88.4 Å². The maximum Gasteiger partial charge on any atom is 0.338 e. The van der Waals surface area contributed by atoms with E-state index in [9.17, 15) is 9.59 Å². The maximum absolute atomic E-state index is 12.2. The van der Waals surface area contributed by atoms with Gasteiger partial charge in [-0.3, -0.25) is 4.79 Å². The van der Waals surface area contributed by atoms with E-state index in [-0.39, 0.29) is 5.56 Å². The van der Waals surface area contributed by atoms with Gasteiger partial charge < -0.3 is 14.8 Å². The Bertz CT molecular complexity index is 1040. The van der Waals surface area contributed by atoms with E-state index in [0.717, 1.165) is 5.56 Å². The van der Waals surface area contributed by atoms with Crippen molar-refractivity contribution in [3.05, 3.63) is 95.6 Å². The molecule has 144 valence electrons. The predicted molar refractivity (Wildman–Crippen MR) is 107 cm³/mol. The van der Waals surface area contributed by atoms with Gasteiger partial charge in [0.1, 0.15) is 12.4 Å². The normalized spacial score (nSPS) is 9.90. The molecule has 0 aliphatic heterocycles. The molecule has 3 aromatic rings. The van der Waals surface area contributed by atoms with Crippen LogP contribution in [0.15, 0.2) is 78.9 Å². The summed E-state index contributed by atoms with van der Waals surface area (Å²) in [6.07, 6.45) is 0. The van der Waals surface area contributed by atoms with E-state index in [4.69, 9.17) is 14.7 Å². The number of nitrogens with one attached hydrogen (secondary N) is 1. The lowest BCUT2D eigenvalue weighted by molar-refractivity contribution is -0.119. The fourth-order valence-electron chi connectivity index (χ4n) is 2.53. The maximum atomic E-state index is 12.2. The lowest BCUT2D eigenvalue weighted by atomic mass is 10.2. The van der Waals surface area contributed by atoms with Crippen LogP contribution < -0.4 is 10.1 Å². The molecule has 3 rings (SSSR count). The van der Waals surface area contributed by atoms with Crippen LogP contribution in [0.2, 0.25) is 0 Å². The van der Waals surface area contributed by atoms with E-state index in [0.29, 0.717) is 23.6 Å². The summed E-state index contributed by atoms with van der Waals surface area (Å²) in [5.74, 6) is -0.595. The van der Waals surface area contributed by atoms with E-state index in [1.165, 1.54) is 6.07 Å². The monoisotopic (exact) mass is 386 g/mol. The smallest absolute Gasteiger partial charge is 0.338 e. The quantitative estimate of drug-likeness (QED) is 0.622. The molecule has 6 heteroatoms. The van der Waals surface area contributed by atoms with Gasteiger partial charge in [0.15, 0.2) is 6.61 Å². The van der Waals surface area contributed by atoms with Gasteiger partial charge in [-0.15, -0.1) is 0 Å². The Labute approximate surface area is 168 Å². The first kappa shape index (κ1) is 19.6. The van der Waals surface area contributed by atoms with Crippen molar-refractivity contribution in [2.24, 2.45) is 0 Å². The third kappa shape index (κ3) is 5.94. The van der Waals surface area contributed by atoms with Crippen molar-refractivity contribution in [2.45, 2.75) is 6.61 Å². The number of anilines is 1. The highest BCUT2D eigenvalue weighted by molar-refractivity contribution is 5.95. The number of rotatable bonds is 7. The van der Waals surface area contributed by atoms with E-state index in [2.05, 4.69) is 5.32 Å². The number of nitrogens with zero attached hydrogens (tertiary/aromatic N) is 1. The molecule has 0 bridgehead atoms. The minimum Gasteiger partial charge on any atom is -0.489 e. The van der Waals surface area contributed by atoms with Gasteiger partial charge >= 0.3 is 5.97 Å². The molecule has 0 aromatic heterocycles. The number of amides is 1. The molecule has 0 radical (unpaired) electrons. The van der Waals surface area contributed by atoms with Gasteiger partial charge in [0.25, 0.3) is 5.91 Å². The van der Waals surface area contributed by atoms with E-state index in [1.807, 2.05) is 36.4 Å². The van der Waals surface area contributed by atoms with Gasteiger partial charge in [-0.05, 0) is 42.0 Å². The number of nitriles is 1. The second kappa shape index (κ2) is 9.72. The van der Waals surface area contributed by atoms with Crippen molar-refractivity contribution < 1.29 is 19.1 Å². The SMILES string of the molecule is N#Cc1cccc(NC(=O)COC(=O)c2cccc(OCc3ccccc3)c2)c1. The van der Waals surface area contributed by atoms with Crippen molar-refractivity contribution in [2.75, 3.05) is 11.9 Å². The first-order chi connectivity index (χ1) is 14.1. The summed E-state index contributed by atoms with van der Waals surface area (Å²) in [4.78, 5) is 24.2. The summed E-state index contributed by atoms with van der Waals surface area (Å²) in [6, 6.07) is 24.7. The number of hydrogen-bond donors (Lipinski definition) is 1. The van der Waals surface area contributed by atoms with Crippen LogP contribution in [0.5, 0.6) is 5.75 Å². The van der Waals surface area contributed by atoms with Crippen molar-refractivity contribution in [3.8, 4) is 11.8 Å². The molecule has 1 N–H and O–H groups in total. The Balaban J connectivity index is 1.52. The Morgan fingerprint density at radius 2 is 1.72 bits per heavy atom. The van der Waals surface area contributed by atoms with Gasteiger partial charge in [0.2, 0.25) is 0 Å². The van der Waals surface area contributed by atoms with Crippen molar-refractivity contribution >= 4 is 17.6 Å². The van der Waals surface area contributed by atoms with Gasteiger partial charge in [0.05, 0.1) is 17.2 Å². The van der Waals surface area contributed by atoms with Gasteiger partial charge in [-0.25, -0.2) is 4.79 Å². The molecule has 29 heavy (non-hydrogen) atoms. The van der Waals surface area contributed by atoms with E-state index in [1.54, 1.807) is 42.5 Å². The number of carbonyl (C=O) groups is 2. The molecule has 0 saturated heterocycles. The molecule has 0 aliphatic carbocycles. The zero-order chi connectivity index (χ0) is 20.5. The third-order valence-corrected chi connectivity index (χ3v) is 3.93. The largest absolute Gasteiger partial charge is 0.489 e. The summed E-state index contributed by atoms with van der Waals surface area (Å²) in [6.45, 7) is -0.0613. The van der Waals surface area contributed by atoms with Gasteiger partial charge in [-0.1, -0.05) is 42.5 Å². The summed E-state index contributed by atoms with van der Waals surface area (Å²) in [5.41, 5.74) is 2.18. The average Bonchev–Trinajstić information content (AvgIpc) is 2.77. The van der Waals surface area contributed by atoms with E-state index >= 15 is 0 Å². The Morgan fingerprint density at radius 1 is 0.931 bits per heavy atom. The molecule has 0 unspecified atom stereocenters. The number of carbonyl (C=O) groups excluding carboxylic acids is 2. The van der Waals surface area contributed by atoms with Crippen LogP contribution in [0, 0.1) is 11.3 Å². The standard InChI is InChI=1S/C23H18N2O4/c24-14-18-8-4-10-20(12-18)25-22(26)16-29-23(27)19-9-5-11-21(13-19)28-15-17-6-2-1-3-7-17/h1-13H,15-16H2,(H,25,26). The summed E-state index contributed by atoms with van der Waals surface area (Å²) in [5, 5.41) is 11.5. The molecule has 0 saturated carbocycles. The zero-order valence-electron chi connectivity index (χ0n) is 15.5. The van der Waals surface area contributed by atoms with Crippen LogP contribution in [0.4, 0.5) is 5.69 Å². The highest BCUT2D eigenvalue weighted by Gasteiger charge is 2.11. The molecule has 0 aliphatic rings. The highest BCUT2D eigenvalue weighted by Crippen LogP contribution is 2.16. The molecule has 0 atom stereocenters. The molecule has 0 heterocycles. The molecule has 0 fully saturated rings. The lowest BCUT2D eigenvalue weighted by Crippen LogP contribution is -2.21. The minimum atomic E-state index is -0.629. The highest BCUT2D eigenvalue weighted by atomic mass is 16.5.